The Morgan fingerprint density at radius 2 is 1.73 bits per heavy atom. The van der Waals surface area contributed by atoms with E-state index >= 15 is 0 Å². The second-order valence-corrected chi connectivity index (χ2v) is 13.6. The number of hydrogen-bond donors (Lipinski definition) is 1. The molecule has 0 fully saturated rings. The third-order valence-corrected chi connectivity index (χ3v) is 9.76. The van der Waals surface area contributed by atoms with E-state index in [1.165, 1.54) is 21.6 Å². The molecule has 1 atom stereocenters. The largest absolute Gasteiger partial charge is 0.384 e. The summed E-state index contributed by atoms with van der Waals surface area (Å²) < 4.78 is 0. The molecule has 1 heterocycles. The molecule has 0 spiro atoms. The Bertz CT molecular complexity index is 1680. The fourth-order valence-corrected chi connectivity index (χ4v) is 7.43. The highest BCUT2D eigenvalue weighted by Crippen LogP contribution is 2.51. The molecule has 1 aliphatic heterocycles. The number of nitriles is 1. The van der Waals surface area contributed by atoms with Crippen molar-refractivity contribution in [2.24, 2.45) is 11.1 Å². The Balaban J connectivity index is 1.69. The first-order valence-corrected chi connectivity index (χ1v) is 15.3. The maximum atomic E-state index is 14.0. The lowest BCUT2D eigenvalue weighted by Gasteiger charge is -2.44. The number of carbonyl (C=O) groups excluding carboxylic acids is 1. The fourth-order valence-electron chi connectivity index (χ4n) is 6.17. The topological polar surface area (TPSA) is 70.1 Å². The van der Waals surface area contributed by atoms with Gasteiger partial charge in [-0.3, -0.25) is 9.69 Å². The summed E-state index contributed by atoms with van der Waals surface area (Å²) in [5, 5.41) is 11.2. The van der Waals surface area contributed by atoms with Crippen LogP contribution in [0, 0.1) is 44.4 Å². The van der Waals surface area contributed by atoms with Gasteiger partial charge < -0.3 is 5.73 Å². The van der Waals surface area contributed by atoms with Crippen molar-refractivity contribution in [3.63, 3.8) is 0 Å². The van der Waals surface area contributed by atoms with Crippen molar-refractivity contribution >= 4 is 34.8 Å². The molecule has 0 saturated carbocycles. The monoisotopic (exact) mass is 581 g/mol. The van der Waals surface area contributed by atoms with E-state index in [1.807, 2.05) is 30.0 Å². The van der Waals surface area contributed by atoms with Gasteiger partial charge in [0.2, 0.25) is 0 Å². The molecule has 3 aromatic rings. The van der Waals surface area contributed by atoms with Gasteiger partial charge in [-0.25, -0.2) is 0 Å². The zero-order valence-electron chi connectivity index (χ0n) is 24.6. The summed E-state index contributed by atoms with van der Waals surface area (Å²) in [6, 6.07) is 20.9. The number of aryl methyl sites for hydroxylation is 4. The smallest absolute Gasteiger partial charge is 0.162 e. The van der Waals surface area contributed by atoms with Gasteiger partial charge in [0.1, 0.15) is 5.82 Å². The summed E-state index contributed by atoms with van der Waals surface area (Å²) in [6.07, 6.45) is 1.08. The second-order valence-electron chi connectivity index (χ2n) is 12.1. The molecule has 2 N–H and O–H groups in total. The quantitative estimate of drug-likeness (QED) is 0.305. The van der Waals surface area contributed by atoms with Gasteiger partial charge in [-0.15, -0.1) is 11.8 Å². The van der Waals surface area contributed by atoms with Gasteiger partial charge >= 0.3 is 0 Å². The number of nitrogens with zero attached hydrogens (tertiary/aromatic N) is 2. The van der Waals surface area contributed by atoms with E-state index in [9.17, 15) is 10.1 Å². The lowest BCUT2D eigenvalue weighted by atomic mass is 9.68. The van der Waals surface area contributed by atoms with E-state index < -0.39 is 5.92 Å². The van der Waals surface area contributed by atoms with Crippen LogP contribution in [0.4, 0.5) is 5.69 Å². The molecule has 0 bridgehead atoms. The summed E-state index contributed by atoms with van der Waals surface area (Å²) in [4.78, 5) is 17.2. The molecule has 1 aliphatic carbocycles. The van der Waals surface area contributed by atoms with Gasteiger partial charge in [0, 0.05) is 33.4 Å². The van der Waals surface area contributed by atoms with Crippen molar-refractivity contribution in [1.29, 1.82) is 5.26 Å². The molecule has 6 heteroatoms. The standard InChI is InChI=1S/C35H36ClN3OS/c1-20-11-12-25(36)15-28(20)39-29-16-35(5,6)17-30(40)33(29)32(27(18-37)34(39)38)26-14-24(22(3)13-23(26)4)19-41-31-10-8-7-9-21(31)2/h7-15,32H,16-17,19,38H2,1-6H3. The normalized spacial score (nSPS) is 18.4. The number of allylic oxidation sites excluding steroid dienone is 3. The Labute approximate surface area is 252 Å². The Hall–Kier alpha value is -3.46. The molecule has 3 aromatic carbocycles. The highest BCUT2D eigenvalue weighted by atomic mass is 35.5. The van der Waals surface area contributed by atoms with Crippen LogP contribution in [0.15, 0.2) is 82.2 Å². The maximum Gasteiger partial charge on any atom is 0.162 e. The number of anilines is 1. The van der Waals surface area contributed by atoms with Crippen LogP contribution in [0.5, 0.6) is 0 Å². The zero-order chi connectivity index (χ0) is 29.6. The Morgan fingerprint density at radius 3 is 2.44 bits per heavy atom. The highest BCUT2D eigenvalue weighted by molar-refractivity contribution is 7.98. The van der Waals surface area contributed by atoms with Crippen LogP contribution in [0.25, 0.3) is 0 Å². The van der Waals surface area contributed by atoms with Crippen LogP contribution < -0.4 is 10.6 Å². The van der Waals surface area contributed by atoms with Gasteiger partial charge in [0.05, 0.1) is 23.2 Å². The van der Waals surface area contributed by atoms with Crippen LogP contribution in [-0.2, 0) is 10.5 Å². The third-order valence-electron chi connectivity index (χ3n) is 8.31. The first kappa shape index (κ1) is 29.0. The molecular formula is C35H36ClN3OS. The molecule has 41 heavy (non-hydrogen) atoms. The van der Waals surface area contributed by atoms with Crippen LogP contribution in [0.2, 0.25) is 5.02 Å². The predicted octanol–water partition coefficient (Wildman–Crippen LogP) is 8.81. The number of nitrogens with two attached hydrogens (primary N) is 1. The summed E-state index contributed by atoms with van der Waals surface area (Å²) in [5.74, 6) is 0.709. The molecule has 210 valence electrons. The molecule has 5 rings (SSSR count). The minimum Gasteiger partial charge on any atom is -0.384 e. The number of ketones is 1. The molecule has 0 saturated heterocycles. The van der Waals surface area contributed by atoms with Crippen molar-refractivity contribution in [2.75, 3.05) is 4.90 Å². The molecule has 1 unspecified atom stereocenters. The summed E-state index contributed by atoms with van der Waals surface area (Å²) in [7, 11) is 0. The maximum absolute atomic E-state index is 14.0. The lowest BCUT2D eigenvalue weighted by molar-refractivity contribution is -0.118. The van der Waals surface area contributed by atoms with Crippen LogP contribution in [-0.4, -0.2) is 5.78 Å². The fraction of sp³-hybridized carbons (Fsp3) is 0.314. The summed E-state index contributed by atoms with van der Waals surface area (Å²) in [6.45, 7) is 12.5. The van der Waals surface area contributed by atoms with Crippen LogP contribution in [0.3, 0.4) is 0 Å². The second kappa shape index (κ2) is 11.1. The van der Waals surface area contributed by atoms with E-state index in [0.29, 0.717) is 34.8 Å². The molecular weight excluding hydrogens is 546 g/mol. The average Bonchev–Trinajstić information content (AvgIpc) is 2.89. The number of Topliss-reactive ketones (excluding diaryl/α,β-unsaturated/α-hetero) is 1. The van der Waals surface area contributed by atoms with Gasteiger partial charge in [0.25, 0.3) is 0 Å². The SMILES string of the molecule is Cc1cc(C)c(C2C(C#N)=C(N)N(c3cc(Cl)ccc3C)C3=C2C(=O)CC(C)(C)C3)cc1CSc1ccccc1C. The number of halogens is 1. The number of hydrogen-bond acceptors (Lipinski definition) is 5. The molecule has 2 aliphatic rings. The molecule has 0 aromatic heterocycles. The lowest BCUT2D eigenvalue weighted by Crippen LogP contribution is -2.42. The summed E-state index contributed by atoms with van der Waals surface area (Å²) >= 11 is 8.25. The first-order valence-electron chi connectivity index (χ1n) is 13.9. The first-order chi connectivity index (χ1) is 19.4. The highest BCUT2D eigenvalue weighted by Gasteiger charge is 2.45. The Kier molecular flexibility index (Phi) is 7.85. The Morgan fingerprint density at radius 1 is 1.00 bits per heavy atom. The van der Waals surface area contributed by atoms with Crippen molar-refractivity contribution in [2.45, 2.75) is 71.0 Å². The number of thioether (sulfide) groups is 1. The third kappa shape index (κ3) is 5.44. The van der Waals surface area contributed by atoms with Gasteiger partial charge in [0.15, 0.2) is 5.78 Å². The van der Waals surface area contributed by atoms with Crippen molar-refractivity contribution < 1.29 is 4.79 Å². The minimum atomic E-state index is -0.517. The van der Waals surface area contributed by atoms with Crippen molar-refractivity contribution in [1.82, 2.24) is 0 Å². The van der Waals surface area contributed by atoms with Crippen LogP contribution in [0.1, 0.15) is 66.0 Å². The van der Waals surface area contributed by atoms with E-state index in [0.717, 1.165) is 33.8 Å². The van der Waals surface area contributed by atoms with Gasteiger partial charge in [-0.2, -0.15) is 5.26 Å². The van der Waals surface area contributed by atoms with E-state index in [2.05, 4.69) is 77.1 Å². The molecule has 0 radical (unpaired) electrons. The van der Waals surface area contributed by atoms with Gasteiger partial charge in [-0.05, 0) is 91.1 Å². The molecule has 0 amide bonds. The van der Waals surface area contributed by atoms with Crippen molar-refractivity contribution in [3.05, 3.63) is 116 Å². The van der Waals surface area contributed by atoms with E-state index in [-0.39, 0.29) is 11.2 Å². The van der Waals surface area contributed by atoms with Crippen molar-refractivity contribution in [3.8, 4) is 6.07 Å². The average molecular weight is 582 g/mol. The number of benzene rings is 3. The minimum absolute atomic E-state index is 0.0713. The summed E-state index contributed by atoms with van der Waals surface area (Å²) in [5.41, 5.74) is 16.0. The predicted molar refractivity (Wildman–Crippen MR) is 170 cm³/mol. The number of rotatable bonds is 5. The zero-order valence-corrected chi connectivity index (χ0v) is 26.1. The molecule has 4 nitrogen and oxygen atoms in total. The number of carbonyl (C=O) groups is 1. The van der Waals surface area contributed by atoms with E-state index in [4.69, 9.17) is 17.3 Å². The van der Waals surface area contributed by atoms with E-state index in [1.54, 1.807) is 11.8 Å². The van der Waals surface area contributed by atoms with Crippen LogP contribution >= 0.6 is 23.4 Å². The van der Waals surface area contributed by atoms with Gasteiger partial charge in [-0.1, -0.05) is 61.8 Å².